The second-order valence-corrected chi connectivity index (χ2v) is 10.1. The summed E-state index contributed by atoms with van der Waals surface area (Å²) in [5.41, 5.74) is 1.21. The average molecular weight is 518 g/mol. The molecule has 3 aromatic rings. The molecule has 31 heavy (non-hydrogen) atoms. The lowest BCUT2D eigenvalue weighted by molar-refractivity contribution is -0.114. The highest BCUT2D eigenvalue weighted by molar-refractivity contribution is 7.92. The predicted molar refractivity (Wildman–Crippen MR) is 127 cm³/mol. The van der Waals surface area contributed by atoms with Gasteiger partial charge < -0.3 is 5.32 Å². The largest absolute Gasteiger partial charge is 0.323 e. The first-order valence-corrected chi connectivity index (χ1v) is 11.8. The van der Waals surface area contributed by atoms with Crippen molar-refractivity contribution in [1.29, 1.82) is 0 Å². The number of hydrogen-bond donors (Lipinski definition) is 1. The number of halogens is 4. The zero-order valence-electron chi connectivity index (χ0n) is 16.1. The Morgan fingerprint density at radius 2 is 1.61 bits per heavy atom. The molecule has 0 aliphatic rings. The van der Waals surface area contributed by atoms with Gasteiger partial charge in [-0.3, -0.25) is 9.10 Å². The molecule has 0 saturated heterocycles. The highest BCUT2D eigenvalue weighted by Gasteiger charge is 2.29. The molecule has 1 N–H and O–H groups in total. The molecular weight excluding hydrogens is 502 g/mol. The number of aryl methyl sites for hydroxylation is 1. The van der Waals surface area contributed by atoms with Crippen LogP contribution in [0, 0.1) is 6.92 Å². The van der Waals surface area contributed by atoms with Gasteiger partial charge >= 0.3 is 0 Å². The number of benzene rings is 3. The first-order chi connectivity index (χ1) is 14.6. The zero-order valence-corrected chi connectivity index (χ0v) is 19.9. The minimum absolute atomic E-state index is 0.00253. The Bertz CT molecular complexity index is 1230. The number of amides is 1. The number of nitrogens with one attached hydrogen (secondary N) is 1. The predicted octanol–water partition coefficient (Wildman–Crippen LogP) is 6.44. The summed E-state index contributed by atoms with van der Waals surface area (Å²) in [4.78, 5) is 12.8. The van der Waals surface area contributed by atoms with E-state index < -0.39 is 22.5 Å². The number of anilines is 2. The van der Waals surface area contributed by atoms with Crippen LogP contribution in [0.1, 0.15) is 5.56 Å². The van der Waals surface area contributed by atoms with Gasteiger partial charge in [-0.05, 0) is 49.4 Å². The van der Waals surface area contributed by atoms with Crippen molar-refractivity contribution >= 4 is 73.7 Å². The lowest BCUT2D eigenvalue weighted by Crippen LogP contribution is -2.38. The van der Waals surface area contributed by atoms with Crippen LogP contribution < -0.4 is 9.62 Å². The molecule has 0 fully saturated rings. The van der Waals surface area contributed by atoms with Gasteiger partial charge in [0.15, 0.2) is 0 Å². The van der Waals surface area contributed by atoms with Crippen molar-refractivity contribution in [2.24, 2.45) is 0 Å². The van der Waals surface area contributed by atoms with Crippen molar-refractivity contribution in [3.63, 3.8) is 0 Å². The van der Waals surface area contributed by atoms with Crippen LogP contribution in [0.5, 0.6) is 0 Å². The summed E-state index contributed by atoms with van der Waals surface area (Å²) >= 11 is 24.4. The van der Waals surface area contributed by atoms with E-state index in [1.807, 2.05) is 6.92 Å². The molecule has 162 valence electrons. The smallest absolute Gasteiger partial charge is 0.264 e. The van der Waals surface area contributed by atoms with Gasteiger partial charge in [-0.25, -0.2) is 8.42 Å². The number of sulfonamides is 1. The Morgan fingerprint density at radius 1 is 0.935 bits per heavy atom. The monoisotopic (exact) mass is 516 g/mol. The molecule has 10 heteroatoms. The van der Waals surface area contributed by atoms with Crippen LogP contribution in [0.25, 0.3) is 0 Å². The van der Waals surface area contributed by atoms with E-state index in [0.29, 0.717) is 0 Å². The van der Waals surface area contributed by atoms with Gasteiger partial charge in [-0.2, -0.15) is 0 Å². The highest BCUT2D eigenvalue weighted by atomic mass is 35.5. The molecule has 0 bridgehead atoms. The van der Waals surface area contributed by atoms with Crippen molar-refractivity contribution in [2.45, 2.75) is 11.8 Å². The normalized spacial score (nSPS) is 11.3. The third-order valence-corrected chi connectivity index (χ3v) is 7.45. The Morgan fingerprint density at radius 3 is 2.29 bits per heavy atom. The van der Waals surface area contributed by atoms with Gasteiger partial charge in [-0.15, -0.1) is 0 Å². The van der Waals surface area contributed by atoms with Crippen LogP contribution in [0.15, 0.2) is 65.6 Å². The maximum Gasteiger partial charge on any atom is 0.264 e. The Kier molecular flexibility index (Phi) is 7.39. The summed E-state index contributed by atoms with van der Waals surface area (Å²) < 4.78 is 27.7. The van der Waals surface area contributed by atoms with Crippen molar-refractivity contribution < 1.29 is 13.2 Å². The number of carbonyl (C=O) groups is 1. The first-order valence-electron chi connectivity index (χ1n) is 8.88. The fourth-order valence-corrected chi connectivity index (χ4v) is 4.95. The second kappa shape index (κ2) is 9.67. The quantitative estimate of drug-likeness (QED) is 0.409. The summed E-state index contributed by atoms with van der Waals surface area (Å²) in [7, 11) is -4.15. The molecule has 0 radical (unpaired) electrons. The fraction of sp³-hybridized carbons (Fsp3) is 0.0952. The van der Waals surface area contributed by atoms with Crippen LogP contribution in [0.3, 0.4) is 0 Å². The zero-order chi connectivity index (χ0) is 22.8. The Balaban J connectivity index is 2.02. The molecule has 0 spiro atoms. The number of rotatable bonds is 6. The lowest BCUT2D eigenvalue weighted by Gasteiger charge is -2.25. The first kappa shape index (κ1) is 23.7. The van der Waals surface area contributed by atoms with Crippen LogP contribution in [0.2, 0.25) is 20.1 Å². The van der Waals surface area contributed by atoms with E-state index in [-0.39, 0.29) is 36.4 Å². The van der Waals surface area contributed by atoms with E-state index in [1.54, 1.807) is 30.3 Å². The van der Waals surface area contributed by atoms with Gasteiger partial charge in [0.05, 0.1) is 31.3 Å². The molecule has 0 unspecified atom stereocenters. The van der Waals surface area contributed by atoms with Gasteiger partial charge in [0.1, 0.15) is 6.54 Å². The van der Waals surface area contributed by atoms with E-state index in [0.717, 1.165) is 9.87 Å². The highest BCUT2D eigenvalue weighted by Crippen LogP contribution is 2.34. The number of hydrogen-bond acceptors (Lipinski definition) is 3. The molecular formula is C21H16Cl4N2O3S. The third-order valence-electron chi connectivity index (χ3n) is 4.30. The third kappa shape index (κ3) is 5.45. The molecule has 3 rings (SSSR count). The maximum absolute atomic E-state index is 13.4. The van der Waals surface area contributed by atoms with Crippen LogP contribution in [0.4, 0.5) is 11.4 Å². The van der Waals surface area contributed by atoms with Crippen molar-refractivity contribution in [3.05, 3.63) is 86.3 Å². The second-order valence-electron chi connectivity index (χ2n) is 6.57. The molecule has 0 aliphatic heterocycles. The van der Waals surface area contributed by atoms with Crippen molar-refractivity contribution in [3.8, 4) is 0 Å². The van der Waals surface area contributed by atoms with Gasteiger partial charge in [0, 0.05) is 5.02 Å². The molecule has 3 aromatic carbocycles. The average Bonchev–Trinajstić information content (AvgIpc) is 2.72. The van der Waals surface area contributed by atoms with Gasteiger partial charge in [0.2, 0.25) is 5.91 Å². The summed E-state index contributed by atoms with van der Waals surface area (Å²) in [5.74, 6) is -0.643. The SMILES string of the molecule is Cc1ccc(S(=O)(=O)N(CC(=O)Nc2cccc(Cl)c2Cl)c2cc(Cl)ccc2Cl)cc1. The summed E-state index contributed by atoms with van der Waals surface area (Å²) in [6, 6.07) is 15.3. The number of carbonyl (C=O) groups excluding carboxylic acids is 1. The number of nitrogens with zero attached hydrogens (tertiary/aromatic N) is 1. The molecule has 0 atom stereocenters. The molecule has 0 heterocycles. The summed E-state index contributed by atoms with van der Waals surface area (Å²) in [5, 5.41) is 3.36. The van der Waals surface area contributed by atoms with E-state index in [4.69, 9.17) is 46.4 Å². The Labute approximate surface area is 200 Å². The van der Waals surface area contributed by atoms with Crippen molar-refractivity contribution in [1.82, 2.24) is 0 Å². The van der Waals surface area contributed by atoms with E-state index >= 15 is 0 Å². The van der Waals surface area contributed by atoms with Gasteiger partial charge in [0.25, 0.3) is 10.0 Å². The van der Waals surface area contributed by atoms with E-state index in [2.05, 4.69) is 5.32 Å². The molecule has 0 aromatic heterocycles. The topological polar surface area (TPSA) is 66.5 Å². The summed E-state index contributed by atoms with van der Waals surface area (Å²) in [6.07, 6.45) is 0. The van der Waals surface area contributed by atoms with Crippen LogP contribution in [-0.4, -0.2) is 20.9 Å². The fourth-order valence-electron chi connectivity index (χ4n) is 2.73. The molecule has 0 aliphatic carbocycles. The van der Waals surface area contributed by atoms with Crippen molar-refractivity contribution in [2.75, 3.05) is 16.2 Å². The molecule has 1 amide bonds. The maximum atomic E-state index is 13.4. The van der Waals surface area contributed by atoms with Crippen LogP contribution >= 0.6 is 46.4 Å². The Hall–Kier alpha value is -1.96. The minimum Gasteiger partial charge on any atom is -0.323 e. The minimum atomic E-state index is -4.15. The van der Waals surface area contributed by atoms with E-state index in [1.165, 1.54) is 30.3 Å². The molecule has 5 nitrogen and oxygen atoms in total. The lowest BCUT2D eigenvalue weighted by atomic mass is 10.2. The van der Waals surface area contributed by atoms with Crippen LogP contribution in [-0.2, 0) is 14.8 Å². The summed E-state index contributed by atoms with van der Waals surface area (Å²) in [6.45, 7) is 1.27. The standard InChI is InChI=1S/C21H16Cl4N2O3S/c1-13-5-8-15(9-6-13)31(29,30)27(19-11-14(22)7-10-16(19)23)12-20(28)26-18-4-2-3-17(24)21(18)25/h2-11H,12H2,1H3,(H,26,28). The van der Waals surface area contributed by atoms with Gasteiger partial charge in [-0.1, -0.05) is 70.2 Å². The van der Waals surface area contributed by atoms with E-state index in [9.17, 15) is 13.2 Å². The molecule has 0 saturated carbocycles.